The maximum absolute atomic E-state index is 13.6. The minimum absolute atomic E-state index is 0.214. The first kappa shape index (κ1) is 19.6. The second kappa shape index (κ2) is 8.07. The van der Waals surface area contributed by atoms with E-state index in [0.717, 1.165) is 16.7 Å². The van der Waals surface area contributed by atoms with E-state index in [1.54, 1.807) is 32.4 Å². The molecule has 32 heavy (non-hydrogen) atoms. The Kier molecular flexibility index (Phi) is 4.95. The average molecular weight is 427 g/mol. The fourth-order valence-electron chi connectivity index (χ4n) is 3.68. The van der Waals surface area contributed by atoms with Gasteiger partial charge in [0.2, 0.25) is 0 Å². The number of hydrogen-bond donors (Lipinski definition) is 2. The fourth-order valence-corrected chi connectivity index (χ4v) is 3.68. The molecular formula is C24H21N5O3. The van der Waals surface area contributed by atoms with Gasteiger partial charge in [-0.15, -0.1) is 0 Å². The molecule has 0 bridgehead atoms. The Hall–Kier alpha value is -4.33. The highest BCUT2D eigenvalue weighted by atomic mass is 16.5. The largest absolute Gasteiger partial charge is 0.497 e. The molecule has 2 heterocycles. The van der Waals surface area contributed by atoms with Crippen LogP contribution in [-0.4, -0.2) is 35.9 Å². The predicted molar refractivity (Wildman–Crippen MR) is 123 cm³/mol. The maximum Gasteiger partial charge on any atom is 0.264 e. The van der Waals surface area contributed by atoms with E-state index in [2.05, 4.69) is 15.4 Å². The number of hydrogen-bond acceptors (Lipinski definition) is 5. The number of H-pyrrole nitrogens is 1. The summed E-state index contributed by atoms with van der Waals surface area (Å²) in [5.41, 5.74) is 6.11. The molecule has 0 aliphatic carbocycles. The van der Waals surface area contributed by atoms with Gasteiger partial charge in [0, 0.05) is 18.2 Å². The number of carbonyl (C=O) groups excluding carboxylic acids is 1. The lowest BCUT2D eigenvalue weighted by atomic mass is 10.1. The highest BCUT2D eigenvalue weighted by Gasteiger charge is 2.42. The van der Waals surface area contributed by atoms with Gasteiger partial charge in [0.1, 0.15) is 23.2 Å². The number of nitrogens with one attached hydrogen (secondary N) is 2. The Morgan fingerprint density at radius 3 is 2.31 bits per heavy atom. The van der Waals surface area contributed by atoms with Crippen molar-refractivity contribution < 1.29 is 14.3 Å². The third kappa shape index (κ3) is 3.51. The Balaban J connectivity index is 1.61. The summed E-state index contributed by atoms with van der Waals surface area (Å²) in [6.07, 6.45) is 0. The molecule has 5 rings (SSSR count). The second-order valence-corrected chi connectivity index (χ2v) is 7.26. The molecule has 1 aliphatic heterocycles. The number of nitrogens with zero attached hydrogens (tertiary/aromatic N) is 3. The van der Waals surface area contributed by atoms with Crippen LogP contribution in [0.4, 0.5) is 11.4 Å². The number of benzene rings is 3. The van der Waals surface area contributed by atoms with Gasteiger partial charge in [-0.3, -0.25) is 10.2 Å². The highest BCUT2D eigenvalue weighted by molar-refractivity contribution is 6.20. The van der Waals surface area contributed by atoms with Crippen molar-refractivity contribution >= 4 is 34.2 Å². The summed E-state index contributed by atoms with van der Waals surface area (Å²) in [6, 6.07) is 22.4. The summed E-state index contributed by atoms with van der Waals surface area (Å²) in [6.45, 7) is 0. The average Bonchev–Trinajstić information content (AvgIpc) is 3.39. The number of imidazole rings is 1. The van der Waals surface area contributed by atoms with E-state index in [9.17, 15) is 4.79 Å². The second-order valence-electron chi connectivity index (χ2n) is 7.26. The molecule has 1 saturated heterocycles. The zero-order valence-corrected chi connectivity index (χ0v) is 17.6. The number of aromatic nitrogens is 2. The van der Waals surface area contributed by atoms with Gasteiger partial charge in [0.25, 0.3) is 5.91 Å². The van der Waals surface area contributed by atoms with Crippen molar-refractivity contribution in [2.45, 2.75) is 5.92 Å². The number of para-hydroxylation sites is 3. The van der Waals surface area contributed by atoms with Crippen LogP contribution in [0.3, 0.4) is 0 Å². The third-order valence-electron chi connectivity index (χ3n) is 5.25. The van der Waals surface area contributed by atoms with Crippen LogP contribution in [0.5, 0.6) is 11.5 Å². The number of rotatable bonds is 5. The highest BCUT2D eigenvalue weighted by Crippen LogP contribution is 2.33. The van der Waals surface area contributed by atoms with E-state index in [0.29, 0.717) is 28.8 Å². The van der Waals surface area contributed by atoms with Crippen molar-refractivity contribution in [2.24, 2.45) is 4.99 Å². The molecule has 4 aromatic rings. The lowest BCUT2D eigenvalue weighted by Gasteiger charge is -2.18. The van der Waals surface area contributed by atoms with Crippen molar-refractivity contribution in [1.82, 2.24) is 15.4 Å². The number of aromatic amines is 1. The zero-order valence-electron chi connectivity index (χ0n) is 17.6. The van der Waals surface area contributed by atoms with E-state index in [4.69, 9.17) is 14.5 Å². The van der Waals surface area contributed by atoms with Crippen LogP contribution < -0.4 is 19.9 Å². The van der Waals surface area contributed by atoms with Crippen molar-refractivity contribution in [1.29, 1.82) is 0 Å². The van der Waals surface area contributed by atoms with Gasteiger partial charge >= 0.3 is 0 Å². The molecule has 1 unspecified atom stereocenters. The number of amides is 1. The first-order chi connectivity index (χ1) is 15.7. The number of methoxy groups -OCH3 is 2. The van der Waals surface area contributed by atoms with Crippen molar-refractivity contribution in [3.8, 4) is 11.5 Å². The monoisotopic (exact) mass is 427 g/mol. The van der Waals surface area contributed by atoms with E-state index >= 15 is 0 Å². The van der Waals surface area contributed by atoms with Crippen LogP contribution in [-0.2, 0) is 4.79 Å². The first-order valence-corrected chi connectivity index (χ1v) is 10.1. The van der Waals surface area contributed by atoms with E-state index in [1.165, 1.54) is 5.01 Å². The smallest absolute Gasteiger partial charge is 0.264 e. The molecule has 0 saturated carbocycles. The molecule has 0 spiro atoms. The maximum atomic E-state index is 13.6. The molecule has 0 radical (unpaired) electrons. The van der Waals surface area contributed by atoms with Gasteiger partial charge < -0.3 is 14.5 Å². The molecule has 1 aliphatic rings. The minimum atomic E-state index is -0.722. The van der Waals surface area contributed by atoms with Gasteiger partial charge in [0.15, 0.2) is 5.92 Å². The standard InChI is InChI=1S/C24H21N5O3/c1-31-17-12-16(13-18(14-17)32-2)29-24(30)21(22-26-19-10-6-7-11-20(19)27-22)23(28-29)25-15-8-4-3-5-9-15/h3-14,21H,1-2H3,(H,25,28)(H,26,27). The first-order valence-electron chi connectivity index (χ1n) is 10.1. The molecule has 1 fully saturated rings. The van der Waals surface area contributed by atoms with E-state index in [1.807, 2.05) is 54.6 Å². The van der Waals surface area contributed by atoms with Crippen LogP contribution in [0.25, 0.3) is 11.0 Å². The fraction of sp³-hybridized carbons (Fsp3) is 0.125. The van der Waals surface area contributed by atoms with E-state index in [-0.39, 0.29) is 5.91 Å². The van der Waals surface area contributed by atoms with Crippen LogP contribution >= 0.6 is 0 Å². The van der Waals surface area contributed by atoms with Crippen LogP contribution in [0.2, 0.25) is 0 Å². The summed E-state index contributed by atoms with van der Waals surface area (Å²) in [7, 11) is 3.13. The Morgan fingerprint density at radius 2 is 1.62 bits per heavy atom. The van der Waals surface area contributed by atoms with Gasteiger partial charge in [-0.1, -0.05) is 30.3 Å². The molecule has 1 atom stereocenters. The molecule has 1 aromatic heterocycles. The lowest BCUT2D eigenvalue weighted by Crippen LogP contribution is -2.35. The number of hydrazine groups is 1. The molecule has 3 aromatic carbocycles. The zero-order chi connectivity index (χ0) is 22.1. The Labute approximate surface area is 184 Å². The topological polar surface area (TPSA) is 91.8 Å². The number of amidine groups is 1. The Morgan fingerprint density at radius 1 is 0.938 bits per heavy atom. The summed E-state index contributed by atoms with van der Waals surface area (Å²) in [4.78, 5) is 26.3. The van der Waals surface area contributed by atoms with Gasteiger partial charge in [-0.05, 0) is 24.3 Å². The number of carbonyl (C=O) groups is 1. The van der Waals surface area contributed by atoms with Crippen LogP contribution in [0.1, 0.15) is 11.7 Å². The molecule has 8 heteroatoms. The summed E-state index contributed by atoms with van der Waals surface area (Å²) < 4.78 is 10.7. The minimum Gasteiger partial charge on any atom is -0.497 e. The number of aliphatic imine (C=N–C) groups is 1. The van der Waals surface area contributed by atoms with Crippen molar-refractivity contribution in [2.75, 3.05) is 19.2 Å². The molecule has 2 N–H and O–H groups in total. The Bertz CT molecular complexity index is 1260. The number of fused-ring (bicyclic) bond motifs is 1. The lowest BCUT2D eigenvalue weighted by molar-refractivity contribution is -0.118. The summed E-state index contributed by atoms with van der Waals surface area (Å²) in [5.74, 6) is 1.21. The molecular weight excluding hydrogens is 406 g/mol. The van der Waals surface area contributed by atoms with Crippen LogP contribution in [0, 0.1) is 0 Å². The van der Waals surface area contributed by atoms with Gasteiger partial charge in [-0.25, -0.2) is 15.0 Å². The normalized spacial score (nSPS) is 17.1. The van der Waals surface area contributed by atoms with Gasteiger partial charge in [-0.2, -0.15) is 0 Å². The number of anilines is 1. The van der Waals surface area contributed by atoms with Crippen molar-refractivity contribution in [3.05, 3.63) is 78.6 Å². The number of ether oxygens (including phenoxy) is 2. The third-order valence-corrected chi connectivity index (χ3v) is 5.25. The summed E-state index contributed by atoms with van der Waals surface area (Å²) >= 11 is 0. The summed E-state index contributed by atoms with van der Waals surface area (Å²) in [5, 5.41) is 1.45. The SMILES string of the molecule is COc1cc(OC)cc(N2NC(=Nc3ccccc3)C(c3nc4ccccc4[nH]3)C2=O)c1. The van der Waals surface area contributed by atoms with Gasteiger partial charge in [0.05, 0.1) is 36.6 Å². The molecule has 160 valence electrons. The quantitative estimate of drug-likeness (QED) is 0.503. The predicted octanol–water partition coefficient (Wildman–Crippen LogP) is 3.95. The van der Waals surface area contributed by atoms with Crippen molar-refractivity contribution in [3.63, 3.8) is 0 Å². The molecule has 1 amide bonds. The van der Waals surface area contributed by atoms with Crippen LogP contribution in [0.15, 0.2) is 77.8 Å². The molecule has 8 nitrogen and oxygen atoms in total. The van der Waals surface area contributed by atoms with E-state index < -0.39 is 5.92 Å².